The maximum absolute atomic E-state index is 11.1. The van der Waals surface area contributed by atoms with Crippen LogP contribution in [0.1, 0.15) is 5.56 Å². The van der Waals surface area contributed by atoms with Crippen LogP contribution in [0.25, 0.3) is 0 Å². The normalized spacial score (nSPS) is 19.4. The third-order valence-electron chi connectivity index (χ3n) is 3.00. The molecule has 1 aliphatic rings. The van der Waals surface area contributed by atoms with Crippen molar-refractivity contribution in [1.29, 1.82) is 0 Å². The lowest BCUT2D eigenvalue weighted by Gasteiger charge is -2.33. The van der Waals surface area contributed by atoms with Gasteiger partial charge in [0.15, 0.2) is 0 Å². The first-order valence-corrected chi connectivity index (χ1v) is 5.97. The molecule has 90 valence electrons. The highest BCUT2D eigenvalue weighted by atomic mass is 35.5. The highest BCUT2D eigenvalue weighted by molar-refractivity contribution is 6.25. The molecule has 0 aliphatic carbocycles. The summed E-state index contributed by atoms with van der Waals surface area (Å²) in [6.07, 6.45) is 2.43. The summed E-state index contributed by atoms with van der Waals surface area (Å²) in [6.45, 7) is 1.18. The van der Waals surface area contributed by atoms with Crippen molar-refractivity contribution < 1.29 is 9.90 Å². The molecule has 1 aliphatic heterocycles. The Morgan fingerprint density at radius 2 is 2.29 bits per heavy atom. The number of fused-ring (bicyclic) bond motifs is 1. The van der Waals surface area contributed by atoms with Crippen LogP contribution < -0.4 is 4.90 Å². The van der Waals surface area contributed by atoms with Crippen molar-refractivity contribution in [1.82, 2.24) is 0 Å². The van der Waals surface area contributed by atoms with Gasteiger partial charge in [-0.25, -0.2) is 0 Å². The van der Waals surface area contributed by atoms with Crippen LogP contribution in [-0.4, -0.2) is 24.2 Å². The monoisotopic (exact) mass is 251 g/mol. The second-order valence-corrected chi connectivity index (χ2v) is 4.39. The Labute approximate surface area is 105 Å². The third kappa shape index (κ3) is 2.61. The van der Waals surface area contributed by atoms with Crippen LogP contribution in [-0.2, 0) is 11.2 Å². The lowest BCUT2D eigenvalue weighted by atomic mass is 9.92. The molecule has 2 rings (SSSR count). The van der Waals surface area contributed by atoms with E-state index in [0.29, 0.717) is 19.5 Å². The fourth-order valence-corrected chi connectivity index (χ4v) is 2.27. The number of halogens is 1. The first kappa shape index (κ1) is 12.0. The predicted octanol–water partition coefficient (Wildman–Crippen LogP) is 2.50. The zero-order valence-corrected chi connectivity index (χ0v) is 10.1. The molecule has 1 heterocycles. The number of nitrogens with zero attached hydrogens (tertiary/aromatic N) is 1. The zero-order valence-electron chi connectivity index (χ0n) is 9.34. The Hall–Kier alpha value is -1.48. The third-order valence-corrected chi connectivity index (χ3v) is 3.18. The van der Waals surface area contributed by atoms with Crippen LogP contribution in [0.4, 0.5) is 5.69 Å². The molecule has 1 N–H and O–H groups in total. The second kappa shape index (κ2) is 5.23. The molecule has 0 amide bonds. The van der Waals surface area contributed by atoms with Gasteiger partial charge in [-0.2, -0.15) is 0 Å². The molecule has 0 fully saturated rings. The fraction of sp³-hybridized carbons (Fsp3) is 0.308. The van der Waals surface area contributed by atoms with Gasteiger partial charge in [0.2, 0.25) is 0 Å². The Morgan fingerprint density at radius 3 is 3.00 bits per heavy atom. The Kier molecular flexibility index (Phi) is 3.69. The minimum atomic E-state index is -0.737. The number of para-hydroxylation sites is 1. The molecule has 1 unspecified atom stereocenters. The Morgan fingerprint density at radius 1 is 1.53 bits per heavy atom. The average molecular weight is 252 g/mol. The van der Waals surface area contributed by atoms with Crippen LogP contribution in [0.2, 0.25) is 0 Å². The molecule has 0 bridgehead atoms. The SMILES string of the molecule is O=C(O)C1Cc2ccccc2N(C/C=C/Cl)C1. The molecule has 0 radical (unpaired) electrons. The Balaban J connectivity index is 2.28. The summed E-state index contributed by atoms with van der Waals surface area (Å²) in [5.74, 6) is -1.08. The lowest BCUT2D eigenvalue weighted by Crippen LogP contribution is -2.39. The summed E-state index contributed by atoms with van der Waals surface area (Å²) >= 11 is 5.52. The predicted molar refractivity (Wildman–Crippen MR) is 68.5 cm³/mol. The van der Waals surface area contributed by atoms with Gasteiger partial charge in [0.25, 0.3) is 0 Å². The molecule has 0 spiro atoms. The van der Waals surface area contributed by atoms with Crippen molar-refractivity contribution in [2.24, 2.45) is 5.92 Å². The molecule has 0 saturated heterocycles. The van der Waals surface area contributed by atoms with E-state index in [0.717, 1.165) is 11.3 Å². The summed E-state index contributed by atoms with van der Waals surface area (Å²) in [4.78, 5) is 13.2. The van der Waals surface area contributed by atoms with Gasteiger partial charge in [-0.15, -0.1) is 0 Å². The van der Waals surface area contributed by atoms with Crippen LogP contribution in [0.3, 0.4) is 0 Å². The van der Waals surface area contributed by atoms with Gasteiger partial charge in [0.05, 0.1) is 5.92 Å². The summed E-state index contributed by atoms with van der Waals surface area (Å²) in [7, 11) is 0. The highest BCUT2D eigenvalue weighted by Crippen LogP contribution is 2.29. The number of hydrogen-bond donors (Lipinski definition) is 1. The van der Waals surface area contributed by atoms with E-state index in [1.54, 1.807) is 0 Å². The Bertz CT molecular complexity index is 445. The van der Waals surface area contributed by atoms with Crippen molar-refractivity contribution >= 4 is 23.3 Å². The minimum absolute atomic E-state index is 0.339. The molecular weight excluding hydrogens is 238 g/mol. The standard InChI is InChI=1S/C13H14ClNO2/c14-6-3-7-15-9-11(13(16)17)8-10-4-1-2-5-12(10)15/h1-6,11H,7-9H2,(H,16,17)/b6-3+. The molecule has 1 atom stereocenters. The number of anilines is 1. The smallest absolute Gasteiger partial charge is 0.308 e. The quantitative estimate of drug-likeness (QED) is 0.897. The van der Waals surface area contributed by atoms with Gasteiger partial charge in [-0.05, 0) is 18.1 Å². The van der Waals surface area contributed by atoms with E-state index in [9.17, 15) is 4.79 Å². The van der Waals surface area contributed by atoms with E-state index in [1.165, 1.54) is 5.54 Å². The number of benzene rings is 1. The molecule has 0 aromatic heterocycles. The first-order valence-electron chi connectivity index (χ1n) is 5.53. The van der Waals surface area contributed by atoms with Crippen molar-refractivity contribution in [3.05, 3.63) is 41.4 Å². The lowest BCUT2D eigenvalue weighted by molar-refractivity contribution is -0.141. The van der Waals surface area contributed by atoms with Gasteiger partial charge >= 0.3 is 5.97 Å². The molecular formula is C13H14ClNO2. The van der Waals surface area contributed by atoms with E-state index >= 15 is 0 Å². The van der Waals surface area contributed by atoms with Crippen LogP contribution >= 0.6 is 11.6 Å². The van der Waals surface area contributed by atoms with Gasteiger partial charge in [0.1, 0.15) is 0 Å². The van der Waals surface area contributed by atoms with E-state index < -0.39 is 5.97 Å². The molecule has 4 heteroatoms. The number of carboxylic acid groups (broad SMARTS) is 1. The van der Waals surface area contributed by atoms with E-state index in [4.69, 9.17) is 16.7 Å². The number of hydrogen-bond acceptors (Lipinski definition) is 2. The second-order valence-electron chi connectivity index (χ2n) is 4.13. The largest absolute Gasteiger partial charge is 0.481 e. The number of carboxylic acids is 1. The van der Waals surface area contributed by atoms with Gasteiger partial charge in [-0.1, -0.05) is 35.9 Å². The van der Waals surface area contributed by atoms with Gasteiger partial charge < -0.3 is 10.0 Å². The fourth-order valence-electron chi connectivity index (χ4n) is 2.19. The number of aliphatic carboxylic acids is 1. The van der Waals surface area contributed by atoms with Crippen molar-refractivity contribution in [2.45, 2.75) is 6.42 Å². The van der Waals surface area contributed by atoms with Gasteiger partial charge in [0, 0.05) is 24.3 Å². The summed E-state index contributed by atoms with van der Waals surface area (Å²) in [5, 5.41) is 9.14. The maximum Gasteiger partial charge on any atom is 0.308 e. The molecule has 17 heavy (non-hydrogen) atoms. The van der Waals surface area contributed by atoms with Crippen molar-refractivity contribution in [3.63, 3.8) is 0 Å². The minimum Gasteiger partial charge on any atom is -0.481 e. The summed E-state index contributed by atoms with van der Waals surface area (Å²) in [6, 6.07) is 7.92. The van der Waals surface area contributed by atoms with Crippen molar-refractivity contribution in [2.75, 3.05) is 18.0 Å². The van der Waals surface area contributed by atoms with Crippen molar-refractivity contribution in [3.8, 4) is 0 Å². The van der Waals surface area contributed by atoms with E-state index in [1.807, 2.05) is 30.3 Å². The number of rotatable bonds is 3. The molecule has 3 nitrogen and oxygen atoms in total. The highest BCUT2D eigenvalue weighted by Gasteiger charge is 2.28. The van der Waals surface area contributed by atoms with Gasteiger partial charge in [-0.3, -0.25) is 4.79 Å². The zero-order chi connectivity index (χ0) is 12.3. The van der Waals surface area contributed by atoms with Crippen LogP contribution in [0.15, 0.2) is 35.9 Å². The van der Waals surface area contributed by atoms with Crippen LogP contribution in [0, 0.1) is 5.92 Å². The van der Waals surface area contributed by atoms with E-state index in [2.05, 4.69) is 4.90 Å². The topological polar surface area (TPSA) is 40.5 Å². The first-order chi connectivity index (χ1) is 8.22. The molecule has 1 aromatic rings. The maximum atomic E-state index is 11.1. The summed E-state index contributed by atoms with van der Waals surface area (Å²) < 4.78 is 0. The van der Waals surface area contributed by atoms with E-state index in [-0.39, 0.29) is 5.92 Å². The molecule has 0 saturated carbocycles. The van der Waals surface area contributed by atoms with Crippen LogP contribution in [0.5, 0.6) is 0 Å². The number of carbonyl (C=O) groups is 1. The average Bonchev–Trinajstić information content (AvgIpc) is 2.35. The summed E-state index contributed by atoms with van der Waals surface area (Å²) in [5.41, 5.74) is 3.67. The molecule has 1 aromatic carbocycles.